The molecule has 1 saturated heterocycles. The first-order chi connectivity index (χ1) is 13.1. The summed E-state index contributed by atoms with van der Waals surface area (Å²) < 4.78 is 7.34. The van der Waals surface area contributed by atoms with Crippen molar-refractivity contribution in [3.8, 4) is 11.1 Å². The van der Waals surface area contributed by atoms with Gasteiger partial charge in [-0.25, -0.2) is 9.97 Å². The zero-order valence-electron chi connectivity index (χ0n) is 14.8. The highest BCUT2D eigenvalue weighted by molar-refractivity contribution is 5.93. The number of aromatic nitrogens is 3. The van der Waals surface area contributed by atoms with Crippen LogP contribution in [-0.2, 0) is 0 Å². The molecule has 7 nitrogen and oxygen atoms in total. The molecule has 5 rings (SSSR count). The highest BCUT2D eigenvalue weighted by Gasteiger charge is 2.27. The van der Waals surface area contributed by atoms with E-state index in [-0.39, 0.29) is 5.91 Å². The number of imidazole rings is 1. The van der Waals surface area contributed by atoms with E-state index in [0.717, 1.165) is 22.2 Å². The minimum absolute atomic E-state index is 0.112. The van der Waals surface area contributed by atoms with Crippen LogP contribution >= 0.6 is 0 Å². The number of aliphatic hydroxyl groups excluding tert-OH is 1. The largest absolute Gasteiger partial charge is 0.441 e. The molecule has 0 bridgehead atoms. The maximum Gasteiger partial charge on any atom is 0.272 e. The molecule has 4 aromatic rings. The standard InChI is InChI=1S/C20H18N4O3/c1-12-22-16-8-13(2-4-18(16)27-12)14-3-5-19-21-9-17(24(19)10-14)20(26)23-7-6-15(25)11-23/h2-5,8-10,15,25H,6-7,11H2,1H3/t15-/m0/s1. The summed E-state index contributed by atoms with van der Waals surface area (Å²) in [5.41, 5.74) is 4.71. The summed E-state index contributed by atoms with van der Waals surface area (Å²) in [5, 5.41) is 9.71. The van der Waals surface area contributed by atoms with Gasteiger partial charge in [0.15, 0.2) is 11.5 Å². The van der Waals surface area contributed by atoms with Crippen molar-refractivity contribution in [1.29, 1.82) is 0 Å². The molecule has 1 aromatic carbocycles. The summed E-state index contributed by atoms with van der Waals surface area (Å²) in [6.07, 6.45) is 3.68. The molecule has 1 N–H and O–H groups in total. The lowest BCUT2D eigenvalue weighted by atomic mass is 10.1. The van der Waals surface area contributed by atoms with Crippen molar-refractivity contribution < 1.29 is 14.3 Å². The van der Waals surface area contributed by atoms with Crippen LogP contribution in [0, 0.1) is 6.92 Å². The highest BCUT2D eigenvalue weighted by atomic mass is 16.3. The molecule has 0 radical (unpaired) electrons. The van der Waals surface area contributed by atoms with E-state index in [4.69, 9.17) is 4.42 Å². The van der Waals surface area contributed by atoms with Gasteiger partial charge in [0.25, 0.3) is 5.91 Å². The van der Waals surface area contributed by atoms with Crippen LogP contribution in [0.2, 0.25) is 0 Å². The fraction of sp³-hybridized carbons (Fsp3) is 0.250. The Morgan fingerprint density at radius 1 is 1.26 bits per heavy atom. The van der Waals surface area contributed by atoms with Crippen molar-refractivity contribution in [2.45, 2.75) is 19.4 Å². The van der Waals surface area contributed by atoms with Crippen LogP contribution in [0.4, 0.5) is 0 Å². The lowest BCUT2D eigenvalue weighted by Crippen LogP contribution is -2.30. The summed E-state index contributed by atoms with van der Waals surface area (Å²) in [5.74, 6) is 0.520. The molecular weight excluding hydrogens is 344 g/mol. The van der Waals surface area contributed by atoms with Gasteiger partial charge >= 0.3 is 0 Å². The number of amides is 1. The maximum atomic E-state index is 12.8. The second kappa shape index (κ2) is 5.92. The summed E-state index contributed by atoms with van der Waals surface area (Å²) >= 11 is 0. The number of carbonyl (C=O) groups is 1. The third kappa shape index (κ3) is 2.67. The number of β-amino-alcohol motifs (C(OH)–C–C–N with tert-alkyl or cyclic N) is 1. The molecule has 1 aliphatic rings. The first kappa shape index (κ1) is 16.0. The van der Waals surface area contributed by atoms with Gasteiger partial charge in [-0.2, -0.15) is 0 Å². The van der Waals surface area contributed by atoms with E-state index in [1.807, 2.05) is 43.5 Å². The van der Waals surface area contributed by atoms with E-state index >= 15 is 0 Å². The van der Waals surface area contributed by atoms with Crippen molar-refractivity contribution in [3.63, 3.8) is 0 Å². The maximum absolute atomic E-state index is 12.8. The SMILES string of the molecule is Cc1nc2cc(-c3ccc4ncc(C(=O)N5CC[C@H](O)C5)n4c3)ccc2o1. The van der Waals surface area contributed by atoms with E-state index in [2.05, 4.69) is 9.97 Å². The molecule has 4 heterocycles. The summed E-state index contributed by atoms with van der Waals surface area (Å²) in [7, 11) is 0. The van der Waals surface area contributed by atoms with E-state index in [1.54, 1.807) is 15.5 Å². The number of nitrogens with zero attached hydrogens (tertiary/aromatic N) is 4. The normalized spacial score (nSPS) is 17.3. The number of likely N-dealkylation sites (tertiary alicyclic amines) is 1. The van der Waals surface area contributed by atoms with Gasteiger partial charge in [-0.1, -0.05) is 6.07 Å². The fourth-order valence-electron chi connectivity index (χ4n) is 3.62. The molecule has 7 heteroatoms. The number of fused-ring (bicyclic) bond motifs is 2. The lowest BCUT2D eigenvalue weighted by molar-refractivity contribution is 0.0758. The number of hydrogen-bond donors (Lipinski definition) is 1. The second-order valence-electron chi connectivity index (χ2n) is 6.90. The number of benzene rings is 1. The molecule has 1 fully saturated rings. The molecule has 0 saturated carbocycles. The van der Waals surface area contributed by atoms with Gasteiger partial charge in [-0.15, -0.1) is 0 Å². The molecule has 0 aliphatic carbocycles. The van der Waals surface area contributed by atoms with Crippen LogP contribution in [0.5, 0.6) is 0 Å². The van der Waals surface area contributed by atoms with Crippen LogP contribution in [0.3, 0.4) is 0 Å². The minimum atomic E-state index is -0.443. The molecular formula is C20H18N4O3. The Hall–Kier alpha value is -3.19. The van der Waals surface area contributed by atoms with Crippen molar-refractivity contribution >= 4 is 22.7 Å². The fourth-order valence-corrected chi connectivity index (χ4v) is 3.62. The van der Waals surface area contributed by atoms with Gasteiger partial charge < -0.3 is 14.4 Å². The highest BCUT2D eigenvalue weighted by Crippen LogP contribution is 2.26. The first-order valence-corrected chi connectivity index (χ1v) is 8.90. The summed E-state index contributed by atoms with van der Waals surface area (Å²) in [6.45, 7) is 2.76. The lowest BCUT2D eigenvalue weighted by Gasteiger charge is -2.15. The van der Waals surface area contributed by atoms with Gasteiger partial charge in [0.2, 0.25) is 0 Å². The minimum Gasteiger partial charge on any atom is -0.441 e. The van der Waals surface area contributed by atoms with Crippen molar-refractivity contribution in [1.82, 2.24) is 19.3 Å². The molecule has 3 aromatic heterocycles. The van der Waals surface area contributed by atoms with E-state index in [0.29, 0.717) is 36.7 Å². The van der Waals surface area contributed by atoms with Crippen molar-refractivity contribution in [2.24, 2.45) is 0 Å². The molecule has 0 unspecified atom stereocenters. The van der Waals surface area contributed by atoms with E-state index in [1.165, 1.54) is 0 Å². The van der Waals surface area contributed by atoms with Gasteiger partial charge in [0, 0.05) is 26.2 Å². The Labute approximate surface area is 154 Å². The third-order valence-corrected chi connectivity index (χ3v) is 5.00. The quantitative estimate of drug-likeness (QED) is 0.593. The second-order valence-corrected chi connectivity index (χ2v) is 6.90. The average Bonchev–Trinajstić information content (AvgIpc) is 3.36. The summed E-state index contributed by atoms with van der Waals surface area (Å²) in [4.78, 5) is 23.2. The zero-order chi connectivity index (χ0) is 18.5. The van der Waals surface area contributed by atoms with Crippen molar-refractivity contribution in [3.05, 3.63) is 54.3 Å². The van der Waals surface area contributed by atoms with E-state index < -0.39 is 6.10 Å². The number of oxazole rings is 1. The topological polar surface area (TPSA) is 83.9 Å². The predicted octanol–water partition coefficient (Wildman–Crippen LogP) is 2.66. The molecule has 136 valence electrons. The number of rotatable bonds is 2. The Morgan fingerprint density at radius 2 is 2.11 bits per heavy atom. The monoisotopic (exact) mass is 362 g/mol. The molecule has 0 spiro atoms. The number of aliphatic hydroxyl groups is 1. The van der Waals surface area contributed by atoms with E-state index in [9.17, 15) is 9.90 Å². The number of aryl methyl sites for hydroxylation is 1. The molecule has 27 heavy (non-hydrogen) atoms. The smallest absolute Gasteiger partial charge is 0.272 e. The van der Waals surface area contributed by atoms with Crippen LogP contribution < -0.4 is 0 Å². The van der Waals surface area contributed by atoms with Gasteiger partial charge in [-0.3, -0.25) is 9.20 Å². The summed E-state index contributed by atoms with van der Waals surface area (Å²) in [6, 6.07) is 9.72. The third-order valence-electron chi connectivity index (χ3n) is 5.00. The first-order valence-electron chi connectivity index (χ1n) is 8.90. The predicted molar refractivity (Wildman–Crippen MR) is 99.5 cm³/mol. The van der Waals surface area contributed by atoms with Gasteiger partial charge in [-0.05, 0) is 41.8 Å². The Kier molecular flexibility index (Phi) is 3.51. The Balaban J connectivity index is 1.56. The van der Waals surface area contributed by atoms with Gasteiger partial charge in [0.05, 0.1) is 12.3 Å². The average molecular weight is 362 g/mol. The number of carbonyl (C=O) groups excluding carboxylic acids is 1. The molecule has 1 amide bonds. The van der Waals surface area contributed by atoms with Crippen LogP contribution in [0.15, 0.2) is 47.1 Å². The molecule has 1 aliphatic heterocycles. The molecule has 1 atom stereocenters. The van der Waals surface area contributed by atoms with Gasteiger partial charge in [0.1, 0.15) is 16.9 Å². The zero-order valence-corrected chi connectivity index (χ0v) is 14.8. The Bertz CT molecular complexity index is 1180. The van der Waals surface area contributed by atoms with Crippen LogP contribution in [0.25, 0.3) is 27.9 Å². The number of hydrogen-bond acceptors (Lipinski definition) is 5. The van der Waals surface area contributed by atoms with Crippen LogP contribution in [-0.4, -0.2) is 49.5 Å². The Morgan fingerprint density at radius 3 is 2.93 bits per heavy atom. The van der Waals surface area contributed by atoms with Crippen LogP contribution in [0.1, 0.15) is 22.8 Å². The van der Waals surface area contributed by atoms with Crippen molar-refractivity contribution in [2.75, 3.05) is 13.1 Å². The number of pyridine rings is 1.